The minimum atomic E-state index is -5.36. The van der Waals surface area contributed by atoms with Crippen molar-refractivity contribution < 1.29 is 46.9 Å². The standard InChI is InChI=1S/C10H15FN2O11P2/c11-10(5-22-26(20,21)24-25(17,18)19)2-1-7(23-10)13-3-6(4-14)8(15)12-9(13)16/h3,7,14H,1-2,4-5H2,(H,20,21)(H,12,15,16)(H2,17,18,19)/t7-,10+/m1/s1. The molecule has 1 aromatic rings. The summed E-state index contributed by atoms with van der Waals surface area (Å²) in [6.45, 7) is -1.90. The Morgan fingerprint density at radius 1 is 1.38 bits per heavy atom. The van der Waals surface area contributed by atoms with E-state index in [2.05, 4.69) is 8.83 Å². The van der Waals surface area contributed by atoms with Gasteiger partial charge in [0.05, 0.1) is 12.2 Å². The monoisotopic (exact) mass is 420 g/mol. The molecule has 3 atom stereocenters. The zero-order chi connectivity index (χ0) is 19.8. The summed E-state index contributed by atoms with van der Waals surface area (Å²) in [5.41, 5.74) is -1.92. The number of phosphoric ester groups is 1. The first-order valence-corrected chi connectivity index (χ1v) is 9.93. The second kappa shape index (κ2) is 7.43. The van der Waals surface area contributed by atoms with E-state index in [-0.39, 0.29) is 12.0 Å². The fourth-order valence-corrected chi connectivity index (χ4v) is 3.81. The van der Waals surface area contributed by atoms with Gasteiger partial charge in [-0.2, -0.15) is 4.31 Å². The minimum absolute atomic E-state index is 0.105. The first kappa shape index (κ1) is 21.1. The number of phosphoric acid groups is 2. The van der Waals surface area contributed by atoms with Crippen LogP contribution in [-0.2, 0) is 29.3 Å². The topological polar surface area (TPSA) is 198 Å². The van der Waals surface area contributed by atoms with Crippen LogP contribution in [0.3, 0.4) is 0 Å². The van der Waals surface area contributed by atoms with Crippen LogP contribution in [0.2, 0.25) is 0 Å². The van der Waals surface area contributed by atoms with E-state index < -0.39 is 58.6 Å². The van der Waals surface area contributed by atoms with Crippen molar-refractivity contribution in [3.8, 4) is 0 Å². The molecule has 1 unspecified atom stereocenters. The zero-order valence-corrected chi connectivity index (χ0v) is 14.6. The number of rotatable bonds is 7. The van der Waals surface area contributed by atoms with Crippen molar-refractivity contribution in [2.45, 2.75) is 31.5 Å². The van der Waals surface area contributed by atoms with Gasteiger partial charge in [-0.05, 0) is 6.42 Å². The summed E-state index contributed by atoms with van der Waals surface area (Å²) in [6, 6.07) is 0. The third-order valence-electron chi connectivity index (χ3n) is 3.29. The van der Waals surface area contributed by atoms with Crippen molar-refractivity contribution in [2.24, 2.45) is 0 Å². The first-order valence-electron chi connectivity index (χ1n) is 6.90. The molecule has 0 saturated carbocycles. The zero-order valence-electron chi connectivity index (χ0n) is 12.8. The second-order valence-electron chi connectivity index (χ2n) is 5.29. The van der Waals surface area contributed by atoms with Gasteiger partial charge in [-0.25, -0.2) is 18.3 Å². The van der Waals surface area contributed by atoms with Crippen molar-refractivity contribution in [3.63, 3.8) is 0 Å². The van der Waals surface area contributed by atoms with Gasteiger partial charge in [-0.3, -0.25) is 18.9 Å². The number of alkyl halides is 1. The molecule has 5 N–H and O–H groups in total. The molecule has 16 heteroatoms. The van der Waals surface area contributed by atoms with Crippen LogP contribution in [0.4, 0.5) is 4.39 Å². The molecule has 0 radical (unpaired) electrons. The lowest BCUT2D eigenvalue weighted by atomic mass is 10.2. The molecular formula is C10H15FN2O11P2. The van der Waals surface area contributed by atoms with Crippen molar-refractivity contribution in [1.82, 2.24) is 9.55 Å². The lowest BCUT2D eigenvalue weighted by Crippen LogP contribution is -2.35. The number of aromatic amines is 1. The second-order valence-corrected chi connectivity index (χ2v) is 8.12. The number of hydrogen-bond acceptors (Lipinski definition) is 8. The fourth-order valence-electron chi connectivity index (χ4n) is 2.19. The van der Waals surface area contributed by atoms with Crippen molar-refractivity contribution >= 4 is 15.6 Å². The van der Waals surface area contributed by atoms with E-state index in [4.69, 9.17) is 24.5 Å². The minimum Gasteiger partial charge on any atom is -0.391 e. The highest BCUT2D eigenvalue weighted by atomic mass is 31.3. The molecule has 0 aromatic carbocycles. The van der Waals surface area contributed by atoms with Crippen LogP contribution >= 0.6 is 15.6 Å². The molecule has 0 aliphatic carbocycles. The maximum absolute atomic E-state index is 14.5. The Hall–Kier alpha value is -1.21. The smallest absolute Gasteiger partial charge is 0.391 e. The highest BCUT2D eigenvalue weighted by Crippen LogP contribution is 2.58. The highest BCUT2D eigenvalue weighted by molar-refractivity contribution is 7.60. The Labute approximate surface area is 143 Å². The van der Waals surface area contributed by atoms with Crippen molar-refractivity contribution in [1.29, 1.82) is 0 Å². The third-order valence-corrected chi connectivity index (χ3v) is 5.42. The number of aliphatic hydroxyl groups is 1. The van der Waals surface area contributed by atoms with Gasteiger partial charge < -0.3 is 24.5 Å². The van der Waals surface area contributed by atoms with Crippen molar-refractivity contribution in [2.75, 3.05) is 6.61 Å². The van der Waals surface area contributed by atoms with Gasteiger partial charge in [-0.15, -0.1) is 0 Å². The summed E-state index contributed by atoms with van der Waals surface area (Å²) < 4.78 is 49.9. The fraction of sp³-hybridized carbons (Fsp3) is 0.600. The Kier molecular flexibility index (Phi) is 6.03. The molecule has 1 saturated heterocycles. The molecule has 0 bridgehead atoms. The summed E-state index contributed by atoms with van der Waals surface area (Å²) in [5.74, 6) is -2.67. The molecule has 2 heterocycles. The van der Waals surface area contributed by atoms with Crippen LogP contribution in [0.5, 0.6) is 0 Å². The SMILES string of the molecule is O=c1[nH]c(=O)n([C@H]2CC[C@@](F)(COP(=O)(O)OP(=O)(O)O)O2)cc1CO. The number of aliphatic hydroxyl groups excluding tert-OH is 1. The Morgan fingerprint density at radius 2 is 2.04 bits per heavy atom. The molecule has 13 nitrogen and oxygen atoms in total. The number of nitrogens with one attached hydrogen (secondary N) is 1. The molecule has 26 heavy (non-hydrogen) atoms. The Balaban J connectivity index is 2.10. The maximum Gasteiger partial charge on any atom is 0.481 e. The first-order chi connectivity index (χ1) is 11.8. The van der Waals surface area contributed by atoms with E-state index in [1.807, 2.05) is 4.98 Å². The molecule has 1 aliphatic rings. The number of ether oxygens (including phenoxy) is 1. The van der Waals surface area contributed by atoms with Crippen LogP contribution in [-0.4, -0.2) is 41.8 Å². The van der Waals surface area contributed by atoms with Gasteiger partial charge in [0.15, 0.2) is 0 Å². The molecule has 1 fully saturated rings. The van der Waals surface area contributed by atoms with Gasteiger partial charge in [0, 0.05) is 12.6 Å². The summed E-state index contributed by atoms with van der Waals surface area (Å²) in [5, 5.41) is 9.04. The van der Waals surface area contributed by atoms with E-state index in [9.17, 15) is 23.1 Å². The van der Waals surface area contributed by atoms with Crippen molar-refractivity contribution in [3.05, 3.63) is 32.6 Å². The molecule has 148 valence electrons. The summed E-state index contributed by atoms with van der Waals surface area (Å²) in [4.78, 5) is 51.1. The van der Waals surface area contributed by atoms with E-state index in [1.54, 1.807) is 0 Å². The number of aromatic nitrogens is 2. The maximum atomic E-state index is 14.5. The van der Waals surface area contributed by atoms with E-state index in [1.165, 1.54) is 0 Å². The van der Waals surface area contributed by atoms with Gasteiger partial charge in [-0.1, -0.05) is 0 Å². The molecule has 0 amide bonds. The lowest BCUT2D eigenvalue weighted by molar-refractivity contribution is -0.175. The summed E-state index contributed by atoms with van der Waals surface area (Å²) in [6.07, 6.45) is -0.759. The molecule has 0 spiro atoms. The molecular weight excluding hydrogens is 405 g/mol. The Morgan fingerprint density at radius 3 is 2.62 bits per heavy atom. The van der Waals surface area contributed by atoms with Gasteiger partial charge in [0.1, 0.15) is 12.8 Å². The average molecular weight is 420 g/mol. The number of halogens is 1. The quantitative estimate of drug-likeness (QED) is 0.347. The predicted octanol–water partition coefficient (Wildman–Crippen LogP) is -0.770. The van der Waals surface area contributed by atoms with Crippen LogP contribution in [0, 0.1) is 0 Å². The van der Waals surface area contributed by atoms with Crippen LogP contribution in [0.1, 0.15) is 24.6 Å². The highest BCUT2D eigenvalue weighted by Gasteiger charge is 2.45. The largest absolute Gasteiger partial charge is 0.481 e. The Bertz CT molecular complexity index is 878. The van der Waals surface area contributed by atoms with Gasteiger partial charge >= 0.3 is 21.3 Å². The number of H-pyrrole nitrogens is 1. The molecule has 1 aromatic heterocycles. The van der Waals surface area contributed by atoms with Crippen LogP contribution < -0.4 is 11.2 Å². The average Bonchev–Trinajstić information content (AvgIpc) is 2.86. The van der Waals surface area contributed by atoms with E-state index >= 15 is 0 Å². The lowest BCUT2D eigenvalue weighted by Gasteiger charge is -2.22. The van der Waals surface area contributed by atoms with Crippen LogP contribution in [0.15, 0.2) is 15.8 Å². The predicted molar refractivity (Wildman–Crippen MR) is 79.3 cm³/mol. The number of hydrogen-bond donors (Lipinski definition) is 5. The normalized spacial score (nSPS) is 26.0. The van der Waals surface area contributed by atoms with Crippen LogP contribution in [0.25, 0.3) is 0 Å². The summed E-state index contributed by atoms with van der Waals surface area (Å²) in [7, 11) is -10.6. The molecule has 1 aliphatic heterocycles. The van der Waals surface area contributed by atoms with E-state index in [0.717, 1.165) is 10.8 Å². The summed E-state index contributed by atoms with van der Waals surface area (Å²) >= 11 is 0. The van der Waals surface area contributed by atoms with Gasteiger partial charge in [0.25, 0.3) is 5.56 Å². The third kappa shape index (κ3) is 5.39. The van der Waals surface area contributed by atoms with Gasteiger partial charge in [0.2, 0.25) is 5.85 Å². The van der Waals surface area contributed by atoms with E-state index in [0.29, 0.717) is 0 Å². The number of nitrogens with zero attached hydrogens (tertiary/aromatic N) is 1. The molecule has 2 rings (SSSR count).